The largest absolute Gasteiger partial charge is 0.316 e. The van der Waals surface area contributed by atoms with Gasteiger partial charge in [0.1, 0.15) is 0 Å². The third-order valence-corrected chi connectivity index (χ3v) is 4.04. The van der Waals surface area contributed by atoms with Gasteiger partial charge in [-0.1, -0.05) is 24.3 Å². The van der Waals surface area contributed by atoms with Crippen molar-refractivity contribution in [2.45, 2.75) is 12.8 Å². The first-order valence-electron chi connectivity index (χ1n) is 5.51. The number of piperidine rings is 1. The Morgan fingerprint density at radius 2 is 2.08 bits per heavy atom. The summed E-state index contributed by atoms with van der Waals surface area (Å²) in [5, 5.41) is 3.53. The second-order valence-corrected chi connectivity index (χ2v) is 4.66. The topological polar surface area (TPSA) is 12.0 Å². The molecule has 70 valence electrons. The first-order valence-corrected chi connectivity index (χ1v) is 5.51. The highest BCUT2D eigenvalue weighted by molar-refractivity contribution is 5.19. The Morgan fingerprint density at radius 1 is 1.15 bits per heavy atom. The summed E-state index contributed by atoms with van der Waals surface area (Å²) in [4.78, 5) is 0. The number of hydrogen-bond acceptors (Lipinski definition) is 1. The van der Waals surface area contributed by atoms with E-state index in [1.165, 1.54) is 25.9 Å². The van der Waals surface area contributed by atoms with Gasteiger partial charge >= 0.3 is 0 Å². The second kappa shape index (κ2) is 2.98. The summed E-state index contributed by atoms with van der Waals surface area (Å²) >= 11 is 0. The second-order valence-electron chi connectivity index (χ2n) is 4.66. The highest BCUT2D eigenvalue weighted by Gasteiger charge is 2.41. The standard InChI is InChI=1S/C12H17N/c1-2-4-11-9(3-1)7-10-5-6-13-8-12(10)11/h1-4,9-13H,5-8H2. The molecule has 0 bridgehead atoms. The molecule has 4 unspecified atom stereocenters. The third kappa shape index (κ3) is 1.18. The van der Waals surface area contributed by atoms with Crippen LogP contribution in [0.4, 0.5) is 0 Å². The fraction of sp³-hybridized carbons (Fsp3) is 0.667. The van der Waals surface area contributed by atoms with Crippen molar-refractivity contribution >= 4 is 0 Å². The molecule has 1 heterocycles. The van der Waals surface area contributed by atoms with E-state index in [1.807, 2.05) is 0 Å². The zero-order chi connectivity index (χ0) is 8.67. The zero-order valence-corrected chi connectivity index (χ0v) is 7.95. The molecule has 2 fully saturated rings. The van der Waals surface area contributed by atoms with Gasteiger partial charge in [0.25, 0.3) is 0 Å². The van der Waals surface area contributed by atoms with E-state index >= 15 is 0 Å². The van der Waals surface area contributed by atoms with Gasteiger partial charge in [-0.3, -0.25) is 0 Å². The molecule has 1 N–H and O–H groups in total. The lowest BCUT2D eigenvalue weighted by Gasteiger charge is -2.29. The molecule has 3 aliphatic rings. The van der Waals surface area contributed by atoms with Crippen molar-refractivity contribution in [3.63, 3.8) is 0 Å². The lowest BCUT2D eigenvalue weighted by molar-refractivity contribution is 0.266. The summed E-state index contributed by atoms with van der Waals surface area (Å²) in [6, 6.07) is 0. The molecule has 1 heteroatoms. The average Bonchev–Trinajstić information content (AvgIpc) is 2.56. The van der Waals surface area contributed by atoms with Gasteiger partial charge in [-0.05, 0) is 49.6 Å². The van der Waals surface area contributed by atoms with E-state index in [-0.39, 0.29) is 0 Å². The Balaban J connectivity index is 1.85. The predicted molar refractivity (Wildman–Crippen MR) is 54.3 cm³/mol. The van der Waals surface area contributed by atoms with Gasteiger partial charge < -0.3 is 5.32 Å². The molecule has 1 saturated heterocycles. The van der Waals surface area contributed by atoms with Gasteiger partial charge in [0.15, 0.2) is 0 Å². The number of fused-ring (bicyclic) bond motifs is 3. The first kappa shape index (κ1) is 7.81. The molecule has 0 amide bonds. The third-order valence-electron chi connectivity index (χ3n) is 4.04. The molecule has 3 rings (SSSR count). The molecule has 0 aromatic rings. The van der Waals surface area contributed by atoms with Crippen LogP contribution >= 0.6 is 0 Å². The monoisotopic (exact) mass is 175 g/mol. The van der Waals surface area contributed by atoms with Crippen LogP contribution in [0.3, 0.4) is 0 Å². The molecule has 4 atom stereocenters. The molecule has 0 radical (unpaired) electrons. The van der Waals surface area contributed by atoms with E-state index in [0.717, 1.165) is 23.7 Å². The molecule has 0 aromatic heterocycles. The van der Waals surface area contributed by atoms with Crippen LogP contribution < -0.4 is 5.32 Å². The Bertz CT molecular complexity index is 254. The Hall–Kier alpha value is -0.560. The van der Waals surface area contributed by atoms with Crippen LogP contribution in [0.5, 0.6) is 0 Å². The van der Waals surface area contributed by atoms with Crippen molar-refractivity contribution in [1.82, 2.24) is 5.32 Å². The smallest absolute Gasteiger partial charge is 0.00120 e. The van der Waals surface area contributed by atoms with E-state index in [1.54, 1.807) is 0 Å². The van der Waals surface area contributed by atoms with Gasteiger partial charge in [0.05, 0.1) is 0 Å². The van der Waals surface area contributed by atoms with E-state index in [9.17, 15) is 0 Å². The molecular weight excluding hydrogens is 158 g/mol. The van der Waals surface area contributed by atoms with Crippen molar-refractivity contribution in [3.8, 4) is 0 Å². The summed E-state index contributed by atoms with van der Waals surface area (Å²) in [5.74, 6) is 3.64. The summed E-state index contributed by atoms with van der Waals surface area (Å²) in [7, 11) is 0. The Labute approximate surface area is 79.9 Å². The summed E-state index contributed by atoms with van der Waals surface area (Å²) < 4.78 is 0. The molecule has 0 aromatic carbocycles. The van der Waals surface area contributed by atoms with Crippen molar-refractivity contribution < 1.29 is 0 Å². The van der Waals surface area contributed by atoms with Crippen molar-refractivity contribution in [3.05, 3.63) is 24.3 Å². The molecule has 2 aliphatic carbocycles. The lowest BCUT2D eigenvalue weighted by atomic mass is 9.82. The number of nitrogens with one attached hydrogen (secondary N) is 1. The van der Waals surface area contributed by atoms with Crippen LogP contribution in [0.1, 0.15) is 12.8 Å². The van der Waals surface area contributed by atoms with Crippen molar-refractivity contribution in [1.29, 1.82) is 0 Å². The van der Waals surface area contributed by atoms with Crippen LogP contribution in [0, 0.1) is 23.7 Å². The predicted octanol–water partition coefficient (Wildman–Crippen LogP) is 1.97. The summed E-state index contributed by atoms with van der Waals surface area (Å²) in [6.07, 6.45) is 12.2. The SMILES string of the molecule is C1=CC2CC3CCNCC3C2C=C1. The maximum Gasteiger partial charge on any atom is -0.00120 e. The van der Waals surface area contributed by atoms with Crippen LogP contribution in [0.15, 0.2) is 24.3 Å². The van der Waals surface area contributed by atoms with Crippen LogP contribution in [0.2, 0.25) is 0 Å². The molecule has 1 nitrogen and oxygen atoms in total. The minimum atomic E-state index is 0.850. The van der Waals surface area contributed by atoms with Crippen molar-refractivity contribution in [2.75, 3.05) is 13.1 Å². The van der Waals surface area contributed by atoms with Gasteiger partial charge in [0, 0.05) is 0 Å². The van der Waals surface area contributed by atoms with E-state index in [2.05, 4.69) is 29.6 Å². The summed E-state index contributed by atoms with van der Waals surface area (Å²) in [6.45, 7) is 2.50. The number of hydrogen-bond donors (Lipinski definition) is 1. The van der Waals surface area contributed by atoms with Gasteiger partial charge in [-0.25, -0.2) is 0 Å². The minimum Gasteiger partial charge on any atom is -0.316 e. The van der Waals surface area contributed by atoms with Crippen LogP contribution in [-0.2, 0) is 0 Å². The Kier molecular flexibility index (Phi) is 1.79. The van der Waals surface area contributed by atoms with Crippen LogP contribution in [-0.4, -0.2) is 13.1 Å². The van der Waals surface area contributed by atoms with E-state index in [0.29, 0.717) is 0 Å². The highest BCUT2D eigenvalue weighted by atomic mass is 14.9. The quantitative estimate of drug-likeness (QED) is 0.593. The van der Waals surface area contributed by atoms with Crippen LogP contribution in [0.25, 0.3) is 0 Å². The summed E-state index contributed by atoms with van der Waals surface area (Å²) in [5.41, 5.74) is 0. The zero-order valence-electron chi connectivity index (χ0n) is 7.95. The average molecular weight is 175 g/mol. The van der Waals surface area contributed by atoms with Gasteiger partial charge in [0.2, 0.25) is 0 Å². The maximum absolute atomic E-state index is 3.53. The van der Waals surface area contributed by atoms with E-state index in [4.69, 9.17) is 0 Å². The van der Waals surface area contributed by atoms with E-state index < -0.39 is 0 Å². The lowest BCUT2D eigenvalue weighted by Crippen LogP contribution is -2.36. The normalized spacial score (nSPS) is 47.4. The number of allylic oxidation sites excluding steroid dienone is 4. The molecular formula is C12H17N. The number of rotatable bonds is 0. The fourth-order valence-corrected chi connectivity index (χ4v) is 3.40. The Morgan fingerprint density at radius 3 is 3.08 bits per heavy atom. The molecule has 1 aliphatic heterocycles. The highest BCUT2D eigenvalue weighted by Crippen LogP contribution is 2.46. The molecule has 0 spiro atoms. The fourth-order valence-electron chi connectivity index (χ4n) is 3.40. The van der Waals surface area contributed by atoms with Gasteiger partial charge in [-0.2, -0.15) is 0 Å². The first-order chi connectivity index (χ1) is 6.45. The molecule has 13 heavy (non-hydrogen) atoms. The van der Waals surface area contributed by atoms with Gasteiger partial charge in [-0.15, -0.1) is 0 Å². The van der Waals surface area contributed by atoms with Crippen molar-refractivity contribution in [2.24, 2.45) is 23.7 Å². The maximum atomic E-state index is 3.53. The molecule has 1 saturated carbocycles. The minimum absolute atomic E-state index is 0.850.